The molecule has 0 radical (unpaired) electrons. The molecule has 3 rings (SSSR count). The highest BCUT2D eigenvalue weighted by Gasteiger charge is 2.25. The second-order valence-electron chi connectivity index (χ2n) is 6.62. The average Bonchev–Trinajstić information content (AvgIpc) is 3.15. The predicted molar refractivity (Wildman–Crippen MR) is 125 cm³/mol. The maximum absolute atomic E-state index is 13.0. The van der Waals surface area contributed by atoms with Crippen molar-refractivity contribution in [3.05, 3.63) is 57.8 Å². The van der Waals surface area contributed by atoms with E-state index in [0.29, 0.717) is 22.8 Å². The Hall–Kier alpha value is -3.32. The van der Waals surface area contributed by atoms with Crippen LogP contribution in [0, 0.1) is 6.92 Å². The number of carbonyl (C=O) groups excluding carboxylic acids is 2. The summed E-state index contributed by atoms with van der Waals surface area (Å²) >= 11 is 2.17. The number of halogens is 2. The quantitative estimate of drug-likeness (QED) is 0.144. The minimum atomic E-state index is -2.67. The number of aromatic nitrogens is 2. The third kappa shape index (κ3) is 6.84. The fourth-order valence-electron chi connectivity index (χ4n) is 2.66. The number of thioether (sulfide) groups is 2. The zero-order valence-electron chi connectivity index (χ0n) is 18.2. The molecule has 0 saturated carbocycles. The van der Waals surface area contributed by atoms with Gasteiger partial charge in [-0.1, -0.05) is 11.8 Å². The van der Waals surface area contributed by atoms with Gasteiger partial charge >= 0.3 is 5.97 Å². The summed E-state index contributed by atoms with van der Waals surface area (Å²) in [5.74, 6) is -0.137. The molecular formula is C21H19F2N5O4S2. The van der Waals surface area contributed by atoms with Gasteiger partial charge in [0.1, 0.15) is 11.4 Å². The van der Waals surface area contributed by atoms with E-state index in [1.165, 1.54) is 38.3 Å². The lowest BCUT2D eigenvalue weighted by atomic mass is 10.1. The Balaban J connectivity index is 1.71. The summed E-state index contributed by atoms with van der Waals surface area (Å²) < 4.78 is 35.9. The highest BCUT2D eigenvalue weighted by atomic mass is 32.2. The van der Waals surface area contributed by atoms with E-state index in [0.717, 1.165) is 23.4 Å². The molecule has 13 heteroatoms. The molecule has 34 heavy (non-hydrogen) atoms. The molecule has 1 aliphatic rings. The molecule has 1 saturated heterocycles. The van der Waals surface area contributed by atoms with E-state index in [9.17, 15) is 18.4 Å². The van der Waals surface area contributed by atoms with Gasteiger partial charge in [0.2, 0.25) is 0 Å². The van der Waals surface area contributed by atoms with E-state index >= 15 is 0 Å². The molecule has 0 spiro atoms. The van der Waals surface area contributed by atoms with Crippen LogP contribution in [-0.4, -0.2) is 47.4 Å². The Morgan fingerprint density at radius 3 is 2.79 bits per heavy atom. The van der Waals surface area contributed by atoms with Crippen LogP contribution >= 0.6 is 23.5 Å². The van der Waals surface area contributed by atoms with E-state index in [4.69, 9.17) is 4.74 Å². The number of nitrogens with zero attached hydrogens (tertiary/aromatic N) is 4. The number of alkyl halides is 2. The smallest absolute Gasteiger partial charge is 0.331 e. The number of rotatable bonds is 8. The Morgan fingerprint density at radius 1 is 1.29 bits per heavy atom. The number of carbonyl (C=O) groups is 2. The van der Waals surface area contributed by atoms with Crippen molar-refractivity contribution in [3.8, 4) is 5.75 Å². The monoisotopic (exact) mass is 507 g/mol. The van der Waals surface area contributed by atoms with Gasteiger partial charge in [-0.25, -0.2) is 23.5 Å². The maximum Gasteiger partial charge on any atom is 0.331 e. The van der Waals surface area contributed by atoms with Crippen molar-refractivity contribution in [1.29, 1.82) is 0 Å². The first-order chi connectivity index (χ1) is 16.3. The number of esters is 1. The molecule has 0 aliphatic carbocycles. The van der Waals surface area contributed by atoms with Gasteiger partial charge in [0, 0.05) is 23.1 Å². The van der Waals surface area contributed by atoms with E-state index in [1.807, 2.05) is 6.07 Å². The number of ether oxygens (including phenoxy) is 2. The number of hydrogen-bond acceptors (Lipinski definition) is 10. The molecule has 1 amide bonds. The number of benzene rings is 1. The second kappa shape index (κ2) is 11.7. The van der Waals surface area contributed by atoms with Gasteiger partial charge in [-0.3, -0.25) is 10.1 Å². The van der Waals surface area contributed by atoms with E-state index in [2.05, 4.69) is 30.2 Å². The standard InChI is InChI=1S/C21H19F2N5O4S2/c1-11-6-14(18(22)23)26-20(25-11)33-10-13-7-12(4-5-15(13)31-2)9-24-28-21-27-19(30)16(34-21)8-17(29)32-3/h4-9,18H,10H2,1-3H3,(H,27,28,30)/b16-8+,24-9?. The number of hydrogen-bond donors (Lipinski definition) is 1. The lowest BCUT2D eigenvalue weighted by molar-refractivity contribution is -0.135. The molecule has 1 N–H and O–H groups in total. The third-order valence-corrected chi connectivity index (χ3v) is 5.99. The van der Waals surface area contributed by atoms with Crippen molar-refractivity contribution in [2.45, 2.75) is 24.3 Å². The van der Waals surface area contributed by atoms with Crippen LogP contribution in [0.2, 0.25) is 0 Å². The van der Waals surface area contributed by atoms with Crippen molar-refractivity contribution >= 4 is 46.8 Å². The molecule has 178 valence electrons. The lowest BCUT2D eigenvalue weighted by Crippen LogP contribution is -2.19. The minimum Gasteiger partial charge on any atom is -0.496 e. The van der Waals surface area contributed by atoms with Crippen LogP contribution in [0.3, 0.4) is 0 Å². The number of amidine groups is 1. The molecule has 2 heterocycles. The zero-order chi connectivity index (χ0) is 24.7. The molecule has 1 aliphatic heterocycles. The van der Waals surface area contributed by atoms with Crippen LogP contribution < -0.4 is 10.1 Å². The van der Waals surface area contributed by atoms with Crippen molar-refractivity contribution < 1.29 is 27.8 Å². The highest BCUT2D eigenvalue weighted by Crippen LogP contribution is 2.28. The summed E-state index contributed by atoms with van der Waals surface area (Å²) in [6.45, 7) is 1.63. The summed E-state index contributed by atoms with van der Waals surface area (Å²) in [6.07, 6.45) is -0.124. The lowest BCUT2D eigenvalue weighted by Gasteiger charge is -2.09. The Kier molecular flexibility index (Phi) is 8.71. The molecule has 1 aromatic heterocycles. The van der Waals surface area contributed by atoms with Gasteiger partial charge < -0.3 is 9.47 Å². The summed E-state index contributed by atoms with van der Waals surface area (Å²) in [5.41, 5.74) is 1.61. The zero-order valence-corrected chi connectivity index (χ0v) is 19.9. The Labute approximate surface area is 202 Å². The fourth-order valence-corrected chi connectivity index (χ4v) is 4.29. The van der Waals surface area contributed by atoms with Crippen LogP contribution in [0.1, 0.15) is 28.9 Å². The molecule has 0 atom stereocenters. The number of nitrogens with one attached hydrogen (secondary N) is 1. The molecule has 2 aromatic rings. The Bertz CT molecular complexity index is 1190. The van der Waals surface area contributed by atoms with Gasteiger partial charge in [0.15, 0.2) is 10.3 Å². The van der Waals surface area contributed by atoms with E-state index in [1.54, 1.807) is 19.1 Å². The third-order valence-electron chi connectivity index (χ3n) is 4.19. The van der Waals surface area contributed by atoms with Crippen molar-refractivity contribution in [3.63, 3.8) is 0 Å². The van der Waals surface area contributed by atoms with Crippen molar-refractivity contribution in [2.24, 2.45) is 10.2 Å². The van der Waals surface area contributed by atoms with Crippen LogP contribution in [0.5, 0.6) is 5.75 Å². The van der Waals surface area contributed by atoms with Gasteiger partial charge in [-0.2, -0.15) is 5.10 Å². The molecule has 0 unspecified atom stereocenters. The number of amides is 1. The first-order valence-electron chi connectivity index (χ1n) is 9.62. The van der Waals surface area contributed by atoms with Crippen molar-refractivity contribution in [2.75, 3.05) is 14.2 Å². The van der Waals surface area contributed by atoms with Crippen LogP contribution in [0.15, 0.2) is 50.6 Å². The summed E-state index contributed by atoms with van der Waals surface area (Å²) in [7, 11) is 2.74. The summed E-state index contributed by atoms with van der Waals surface area (Å²) in [5, 5.41) is 10.9. The van der Waals surface area contributed by atoms with Crippen LogP contribution in [-0.2, 0) is 20.1 Å². The molecule has 1 aromatic carbocycles. The molecule has 0 bridgehead atoms. The predicted octanol–water partition coefficient (Wildman–Crippen LogP) is 3.63. The van der Waals surface area contributed by atoms with Gasteiger partial charge in [-0.15, -0.1) is 5.10 Å². The van der Waals surface area contributed by atoms with Gasteiger partial charge in [0.05, 0.1) is 25.3 Å². The summed E-state index contributed by atoms with van der Waals surface area (Å²) in [4.78, 5) is 31.4. The second-order valence-corrected chi connectivity index (χ2v) is 8.59. The minimum absolute atomic E-state index is 0.151. The largest absolute Gasteiger partial charge is 0.496 e. The summed E-state index contributed by atoms with van der Waals surface area (Å²) in [6, 6.07) is 6.57. The number of methoxy groups -OCH3 is 2. The van der Waals surface area contributed by atoms with Crippen molar-refractivity contribution in [1.82, 2.24) is 15.3 Å². The first kappa shape index (κ1) is 25.3. The van der Waals surface area contributed by atoms with Gasteiger partial charge in [0.25, 0.3) is 12.3 Å². The van der Waals surface area contributed by atoms with Crippen LogP contribution in [0.25, 0.3) is 0 Å². The first-order valence-corrected chi connectivity index (χ1v) is 11.4. The fraction of sp³-hybridized carbons (Fsp3) is 0.238. The number of aryl methyl sites for hydroxylation is 1. The maximum atomic E-state index is 13.0. The SMILES string of the molecule is COC(=O)/C=C1/S/C(=N\N=Cc2ccc(OC)c(CSc3nc(C)cc(C(F)F)n3)c2)NC1=O. The highest BCUT2D eigenvalue weighted by molar-refractivity contribution is 8.18. The van der Waals surface area contributed by atoms with Crippen LogP contribution in [0.4, 0.5) is 8.78 Å². The topological polar surface area (TPSA) is 115 Å². The molecular weight excluding hydrogens is 488 g/mol. The van der Waals surface area contributed by atoms with Gasteiger partial charge in [-0.05, 0) is 48.5 Å². The van der Waals surface area contributed by atoms with E-state index < -0.39 is 18.3 Å². The normalized spacial score (nSPS) is 16.0. The Morgan fingerprint density at radius 2 is 2.09 bits per heavy atom. The molecule has 9 nitrogen and oxygen atoms in total. The van der Waals surface area contributed by atoms with E-state index in [-0.39, 0.29) is 20.9 Å². The molecule has 1 fully saturated rings. The average molecular weight is 508 g/mol.